The van der Waals surface area contributed by atoms with Crippen LogP contribution in [0.5, 0.6) is 0 Å². The summed E-state index contributed by atoms with van der Waals surface area (Å²) in [6.07, 6.45) is 0. The summed E-state index contributed by atoms with van der Waals surface area (Å²) in [5, 5.41) is 8.96. The SMILES string of the molecule is N#Cc1ccccc1-c1cccc(Br)c1F. The van der Waals surface area contributed by atoms with Crippen molar-refractivity contribution >= 4 is 15.9 Å². The monoisotopic (exact) mass is 275 g/mol. The summed E-state index contributed by atoms with van der Waals surface area (Å²) >= 11 is 3.13. The summed E-state index contributed by atoms with van der Waals surface area (Å²) in [6.45, 7) is 0. The third-order valence-electron chi connectivity index (χ3n) is 2.29. The van der Waals surface area contributed by atoms with Crippen LogP contribution < -0.4 is 0 Å². The molecule has 1 nitrogen and oxygen atoms in total. The first-order chi connectivity index (χ1) is 7.74. The molecule has 0 saturated carbocycles. The second kappa shape index (κ2) is 4.46. The minimum Gasteiger partial charge on any atom is -0.205 e. The molecule has 0 aliphatic carbocycles. The maximum absolute atomic E-state index is 13.8. The van der Waals surface area contributed by atoms with Gasteiger partial charge in [0.15, 0.2) is 0 Å². The van der Waals surface area contributed by atoms with Crippen molar-refractivity contribution in [3.05, 3.63) is 58.3 Å². The highest BCUT2D eigenvalue weighted by molar-refractivity contribution is 9.10. The summed E-state index contributed by atoms with van der Waals surface area (Å²) in [5.74, 6) is -0.342. The lowest BCUT2D eigenvalue weighted by atomic mass is 10.0. The highest BCUT2D eigenvalue weighted by Crippen LogP contribution is 2.29. The lowest BCUT2D eigenvalue weighted by Gasteiger charge is -2.06. The molecule has 16 heavy (non-hydrogen) atoms. The van der Waals surface area contributed by atoms with E-state index in [1.165, 1.54) is 0 Å². The summed E-state index contributed by atoms with van der Waals surface area (Å²) in [6, 6.07) is 14.1. The molecular formula is C13H7BrFN. The minimum atomic E-state index is -0.342. The second-order valence-electron chi connectivity index (χ2n) is 3.26. The van der Waals surface area contributed by atoms with Crippen molar-refractivity contribution in [2.24, 2.45) is 0 Å². The van der Waals surface area contributed by atoms with E-state index in [2.05, 4.69) is 22.0 Å². The molecule has 0 saturated heterocycles. The number of nitriles is 1. The zero-order valence-corrected chi connectivity index (χ0v) is 9.83. The average molecular weight is 276 g/mol. The minimum absolute atomic E-state index is 0.342. The van der Waals surface area contributed by atoms with Crippen LogP contribution in [0.2, 0.25) is 0 Å². The zero-order chi connectivity index (χ0) is 11.5. The first-order valence-electron chi connectivity index (χ1n) is 4.67. The molecule has 0 heterocycles. The van der Waals surface area contributed by atoms with E-state index < -0.39 is 0 Å². The Labute approximate surface area is 101 Å². The van der Waals surface area contributed by atoms with Crippen LogP contribution in [0, 0.1) is 17.1 Å². The highest BCUT2D eigenvalue weighted by Gasteiger charge is 2.10. The van der Waals surface area contributed by atoms with E-state index >= 15 is 0 Å². The van der Waals surface area contributed by atoms with Gasteiger partial charge in [0, 0.05) is 11.1 Å². The first-order valence-corrected chi connectivity index (χ1v) is 5.47. The average Bonchev–Trinajstić information content (AvgIpc) is 2.33. The summed E-state index contributed by atoms with van der Waals surface area (Å²) in [4.78, 5) is 0. The molecule has 0 fully saturated rings. The largest absolute Gasteiger partial charge is 0.205 e. The van der Waals surface area contributed by atoms with Crippen molar-refractivity contribution in [2.45, 2.75) is 0 Å². The van der Waals surface area contributed by atoms with E-state index in [1.807, 2.05) is 0 Å². The van der Waals surface area contributed by atoms with Crippen molar-refractivity contribution in [2.75, 3.05) is 0 Å². The number of hydrogen-bond donors (Lipinski definition) is 0. The number of nitrogens with zero attached hydrogens (tertiary/aromatic N) is 1. The Morgan fingerprint density at radius 3 is 2.44 bits per heavy atom. The van der Waals surface area contributed by atoms with Crippen LogP contribution >= 0.6 is 15.9 Å². The van der Waals surface area contributed by atoms with Gasteiger partial charge in [-0.3, -0.25) is 0 Å². The van der Waals surface area contributed by atoms with Crippen LogP contribution in [0.4, 0.5) is 4.39 Å². The molecule has 0 bridgehead atoms. The normalized spacial score (nSPS) is 9.81. The Morgan fingerprint density at radius 2 is 1.69 bits per heavy atom. The van der Waals surface area contributed by atoms with Gasteiger partial charge in [0.2, 0.25) is 0 Å². The van der Waals surface area contributed by atoms with E-state index in [1.54, 1.807) is 42.5 Å². The molecule has 2 aromatic rings. The molecule has 2 rings (SSSR count). The number of benzene rings is 2. The fraction of sp³-hybridized carbons (Fsp3) is 0. The van der Waals surface area contributed by atoms with Gasteiger partial charge in [-0.15, -0.1) is 0 Å². The maximum Gasteiger partial charge on any atom is 0.145 e. The Balaban J connectivity index is 2.69. The first kappa shape index (κ1) is 10.8. The van der Waals surface area contributed by atoms with Gasteiger partial charge in [0.05, 0.1) is 16.1 Å². The summed E-state index contributed by atoms with van der Waals surface area (Å²) in [5.41, 5.74) is 1.52. The van der Waals surface area contributed by atoms with Crippen LogP contribution in [-0.2, 0) is 0 Å². The van der Waals surface area contributed by atoms with Gasteiger partial charge in [-0.05, 0) is 28.1 Å². The Kier molecular flexibility index (Phi) is 3.02. The fourth-order valence-corrected chi connectivity index (χ4v) is 1.89. The molecular weight excluding hydrogens is 269 g/mol. The molecule has 0 aliphatic rings. The van der Waals surface area contributed by atoms with Crippen molar-refractivity contribution in [3.8, 4) is 17.2 Å². The van der Waals surface area contributed by atoms with Gasteiger partial charge in [0.1, 0.15) is 5.82 Å². The van der Waals surface area contributed by atoms with Gasteiger partial charge in [-0.25, -0.2) is 4.39 Å². The van der Waals surface area contributed by atoms with Crippen LogP contribution in [0.3, 0.4) is 0 Å². The van der Waals surface area contributed by atoms with Crippen LogP contribution in [0.1, 0.15) is 5.56 Å². The standard InChI is InChI=1S/C13H7BrFN/c14-12-7-3-6-11(13(12)15)10-5-2-1-4-9(10)8-16/h1-7H. The maximum atomic E-state index is 13.8. The molecule has 0 N–H and O–H groups in total. The van der Waals surface area contributed by atoms with Gasteiger partial charge in [-0.2, -0.15) is 5.26 Å². The van der Waals surface area contributed by atoms with E-state index in [0.717, 1.165) is 0 Å². The lowest BCUT2D eigenvalue weighted by Crippen LogP contribution is -1.88. The topological polar surface area (TPSA) is 23.8 Å². The molecule has 0 radical (unpaired) electrons. The van der Waals surface area contributed by atoms with Crippen LogP contribution in [0.25, 0.3) is 11.1 Å². The smallest absolute Gasteiger partial charge is 0.145 e. The Bertz CT molecular complexity index is 572. The molecule has 0 unspecified atom stereocenters. The van der Waals surface area contributed by atoms with Gasteiger partial charge >= 0.3 is 0 Å². The van der Waals surface area contributed by atoms with Gasteiger partial charge in [0.25, 0.3) is 0 Å². The Hall–Kier alpha value is -1.66. The second-order valence-corrected chi connectivity index (χ2v) is 4.11. The highest BCUT2D eigenvalue weighted by atomic mass is 79.9. The molecule has 0 spiro atoms. The van der Waals surface area contributed by atoms with Crippen LogP contribution in [-0.4, -0.2) is 0 Å². The number of rotatable bonds is 1. The zero-order valence-electron chi connectivity index (χ0n) is 8.24. The van der Waals surface area contributed by atoms with Crippen molar-refractivity contribution in [1.82, 2.24) is 0 Å². The van der Waals surface area contributed by atoms with Crippen LogP contribution in [0.15, 0.2) is 46.9 Å². The molecule has 0 atom stereocenters. The van der Waals surface area contributed by atoms with E-state index in [0.29, 0.717) is 21.2 Å². The molecule has 3 heteroatoms. The third-order valence-corrected chi connectivity index (χ3v) is 2.90. The number of hydrogen-bond acceptors (Lipinski definition) is 1. The quantitative estimate of drug-likeness (QED) is 0.768. The van der Waals surface area contributed by atoms with E-state index in [4.69, 9.17) is 5.26 Å². The predicted molar refractivity (Wildman–Crippen MR) is 64.3 cm³/mol. The molecule has 2 aromatic carbocycles. The third kappa shape index (κ3) is 1.84. The fourth-order valence-electron chi connectivity index (χ4n) is 1.53. The van der Waals surface area contributed by atoms with Crippen molar-refractivity contribution in [3.63, 3.8) is 0 Å². The Morgan fingerprint density at radius 1 is 1.00 bits per heavy atom. The molecule has 78 valence electrons. The number of halogens is 2. The summed E-state index contributed by atoms with van der Waals surface area (Å²) in [7, 11) is 0. The molecule has 0 amide bonds. The summed E-state index contributed by atoms with van der Waals surface area (Å²) < 4.78 is 14.2. The lowest BCUT2D eigenvalue weighted by molar-refractivity contribution is 0.624. The predicted octanol–water partition coefficient (Wildman–Crippen LogP) is 4.13. The van der Waals surface area contributed by atoms with E-state index in [9.17, 15) is 4.39 Å². The molecule has 0 aliphatic heterocycles. The molecule has 0 aromatic heterocycles. The van der Waals surface area contributed by atoms with Gasteiger partial charge in [-0.1, -0.05) is 30.3 Å². The van der Waals surface area contributed by atoms with Crippen molar-refractivity contribution < 1.29 is 4.39 Å². The van der Waals surface area contributed by atoms with Crippen molar-refractivity contribution in [1.29, 1.82) is 5.26 Å². The van der Waals surface area contributed by atoms with E-state index in [-0.39, 0.29) is 5.82 Å². The van der Waals surface area contributed by atoms with Gasteiger partial charge < -0.3 is 0 Å².